The van der Waals surface area contributed by atoms with Crippen molar-refractivity contribution in [2.75, 3.05) is 13.1 Å². The molecule has 0 saturated heterocycles. The highest BCUT2D eigenvalue weighted by Gasteiger charge is 2.11. The monoisotopic (exact) mass is 260 g/mol. The van der Waals surface area contributed by atoms with Gasteiger partial charge in [0.2, 0.25) is 0 Å². The van der Waals surface area contributed by atoms with Crippen LogP contribution in [0.2, 0.25) is 0 Å². The Morgan fingerprint density at radius 1 is 1.58 bits per heavy atom. The minimum absolute atomic E-state index is 0.239. The molecule has 6 nitrogen and oxygen atoms in total. The number of hydrogen-bond acceptors (Lipinski definition) is 4. The fourth-order valence-electron chi connectivity index (χ4n) is 1.75. The molecule has 0 spiro atoms. The van der Waals surface area contributed by atoms with Gasteiger partial charge in [0.15, 0.2) is 0 Å². The minimum Gasteiger partial charge on any atom is -0.477 e. The molecule has 1 aliphatic heterocycles. The van der Waals surface area contributed by atoms with Gasteiger partial charge in [-0.25, -0.2) is 9.78 Å². The van der Waals surface area contributed by atoms with E-state index in [1.54, 1.807) is 24.8 Å². The molecule has 0 aromatic carbocycles. The van der Waals surface area contributed by atoms with E-state index < -0.39 is 5.97 Å². The smallest absolute Gasteiger partial charge is 0.351 e. The molecule has 100 valence electrons. The van der Waals surface area contributed by atoms with Crippen molar-refractivity contribution >= 4 is 12.2 Å². The summed E-state index contributed by atoms with van der Waals surface area (Å²) in [6.07, 6.45) is 10.3. The van der Waals surface area contributed by atoms with Crippen LogP contribution in [0.5, 0.6) is 0 Å². The van der Waals surface area contributed by atoms with Gasteiger partial charge in [0.1, 0.15) is 5.70 Å². The van der Waals surface area contributed by atoms with Crippen molar-refractivity contribution in [1.29, 1.82) is 0 Å². The van der Waals surface area contributed by atoms with Gasteiger partial charge in [-0.05, 0) is 24.1 Å². The van der Waals surface area contributed by atoms with Gasteiger partial charge in [-0.2, -0.15) is 0 Å². The maximum Gasteiger partial charge on any atom is 0.351 e. The number of rotatable bonds is 5. The summed E-state index contributed by atoms with van der Waals surface area (Å²) in [6.45, 7) is 1.33. The first-order valence-electron chi connectivity index (χ1n) is 6.11. The third kappa shape index (κ3) is 4.09. The average molecular weight is 260 g/mol. The van der Waals surface area contributed by atoms with Crippen LogP contribution in [-0.4, -0.2) is 40.3 Å². The van der Waals surface area contributed by atoms with E-state index in [2.05, 4.69) is 20.3 Å². The van der Waals surface area contributed by atoms with Crippen LogP contribution < -0.4 is 5.32 Å². The molecule has 0 radical (unpaired) electrons. The molecule has 0 fully saturated rings. The first kappa shape index (κ1) is 13.1. The van der Waals surface area contributed by atoms with Gasteiger partial charge in [-0.3, -0.25) is 4.99 Å². The number of nitrogens with one attached hydrogen (secondary N) is 2. The van der Waals surface area contributed by atoms with Crippen LogP contribution in [0.1, 0.15) is 12.1 Å². The number of aliphatic carboxylic acids is 1. The van der Waals surface area contributed by atoms with E-state index in [1.807, 2.05) is 6.08 Å². The van der Waals surface area contributed by atoms with E-state index in [1.165, 1.54) is 0 Å². The molecule has 0 unspecified atom stereocenters. The summed E-state index contributed by atoms with van der Waals surface area (Å²) in [7, 11) is 0. The Kier molecular flexibility index (Phi) is 4.49. The van der Waals surface area contributed by atoms with E-state index in [0.717, 1.165) is 24.1 Å². The molecule has 0 atom stereocenters. The summed E-state index contributed by atoms with van der Waals surface area (Å²) in [5.41, 5.74) is 2.27. The van der Waals surface area contributed by atoms with Crippen molar-refractivity contribution in [2.45, 2.75) is 12.8 Å². The summed E-state index contributed by atoms with van der Waals surface area (Å²) in [5.74, 6) is -0.929. The van der Waals surface area contributed by atoms with Crippen LogP contribution in [-0.2, 0) is 11.2 Å². The number of aromatic nitrogens is 2. The summed E-state index contributed by atoms with van der Waals surface area (Å²) < 4.78 is 0. The Hall–Kier alpha value is -2.37. The van der Waals surface area contributed by atoms with Crippen molar-refractivity contribution in [2.24, 2.45) is 4.99 Å². The molecule has 1 aliphatic rings. The SMILES string of the molecule is O=C(O)C1=CC(=CC=NCCc2cnc[nH]2)CCN1. The largest absolute Gasteiger partial charge is 0.477 e. The standard InChI is InChI=1S/C13H16N4O2/c18-13(19)12-7-10(2-6-16-12)1-4-14-5-3-11-8-15-9-17-11/h1,4,7-9,16H,2-3,5-6H2,(H,15,17)(H,18,19). The summed E-state index contributed by atoms with van der Waals surface area (Å²) in [4.78, 5) is 22.0. The third-order valence-corrected chi connectivity index (χ3v) is 2.75. The maximum atomic E-state index is 10.8. The molecule has 2 heterocycles. The number of allylic oxidation sites excluding steroid dienone is 2. The molecule has 0 bridgehead atoms. The van der Waals surface area contributed by atoms with Crippen molar-refractivity contribution < 1.29 is 9.90 Å². The van der Waals surface area contributed by atoms with Crippen molar-refractivity contribution in [3.63, 3.8) is 0 Å². The second-order valence-electron chi connectivity index (χ2n) is 4.16. The second kappa shape index (κ2) is 6.53. The Bertz CT molecular complexity index is 515. The molecule has 3 N–H and O–H groups in total. The lowest BCUT2D eigenvalue weighted by atomic mass is 10.1. The van der Waals surface area contributed by atoms with Gasteiger partial charge in [0, 0.05) is 37.6 Å². The summed E-state index contributed by atoms with van der Waals surface area (Å²) in [5, 5.41) is 11.7. The Morgan fingerprint density at radius 2 is 2.47 bits per heavy atom. The van der Waals surface area contributed by atoms with Crippen LogP contribution in [0.4, 0.5) is 0 Å². The number of aliphatic imine (C=N–C) groups is 1. The lowest BCUT2D eigenvalue weighted by Crippen LogP contribution is -2.25. The molecule has 19 heavy (non-hydrogen) atoms. The van der Waals surface area contributed by atoms with Gasteiger partial charge in [0.05, 0.1) is 6.33 Å². The molecule has 1 aromatic rings. The van der Waals surface area contributed by atoms with Gasteiger partial charge < -0.3 is 15.4 Å². The molecule has 0 saturated carbocycles. The minimum atomic E-state index is -0.929. The highest BCUT2D eigenvalue weighted by Crippen LogP contribution is 2.10. The van der Waals surface area contributed by atoms with Crippen molar-refractivity contribution in [3.05, 3.63) is 41.6 Å². The van der Waals surface area contributed by atoms with E-state index in [4.69, 9.17) is 5.11 Å². The highest BCUT2D eigenvalue weighted by molar-refractivity contribution is 5.87. The Balaban J connectivity index is 1.84. The first-order valence-corrected chi connectivity index (χ1v) is 6.11. The number of carboxylic acids is 1. The van der Waals surface area contributed by atoms with Crippen LogP contribution in [0.3, 0.4) is 0 Å². The number of aromatic amines is 1. The van der Waals surface area contributed by atoms with E-state index in [-0.39, 0.29) is 5.70 Å². The Labute approximate surface area is 111 Å². The zero-order valence-corrected chi connectivity index (χ0v) is 10.5. The van der Waals surface area contributed by atoms with Crippen molar-refractivity contribution in [1.82, 2.24) is 15.3 Å². The molecule has 0 aliphatic carbocycles. The lowest BCUT2D eigenvalue weighted by Gasteiger charge is -2.13. The molecule has 0 amide bonds. The number of imidazole rings is 1. The van der Waals surface area contributed by atoms with Crippen LogP contribution in [0.15, 0.2) is 40.9 Å². The van der Waals surface area contributed by atoms with Crippen LogP contribution >= 0.6 is 0 Å². The quantitative estimate of drug-likeness (QED) is 0.686. The van der Waals surface area contributed by atoms with Gasteiger partial charge in [0.25, 0.3) is 0 Å². The number of carbonyl (C=O) groups is 1. The predicted molar refractivity (Wildman–Crippen MR) is 72.1 cm³/mol. The molecule has 2 rings (SSSR count). The van der Waals surface area contributed by atoms with Crippen LogP contribution in [0.25, 0.3) is 0 Å². The number of carboxylic acid groups (broad SMARTS) is 1. The van der Waals surface area contributed by atoms with E-state index in [0.29, 0.717) is 13.1 Å². The first-order chi connectivity index (χ1) is 9.25. The fraction of sp³-hybridized carbons (Fsp3) is 0.308. The van der Waals surface area contributed by atoms with Gasteiger partial charge >= 0.3 is 5.97 Å². The van der Waals surface area contributed by atoms with Crippen molar-refractivity contribution in [3.8, 4) is 0 Å². The zero-order valence-electron chi connectivity index (χ0n) is 10.5. The maximum absolute atomic E-state index is 10.8. The number of H-pyrrole nitrogens is 1. The summed E-state index contributed by atoms with van der Waals surface area (Å²) in [6, 6.07) is 0. The topological polar surface area (TPSA) is 90.4 Å². The zero-order chi connectivity index (χ0) is 13.5. The fourth-order valence-corrected chi connectivity index (χ4v) is 1.75. The lowest BCUT2D eigenvalue weighted by molar-refractivity contribution is -0.133. The molecule has 1 aromatic heterocycles. The number of nitrogens with zero attached hydrogens (tertiary/aromatic N) is 2. The van der Waals surface area contributed by atoms with Crippen LogP contribution in [0, 0.1) is 0 Å². The highest BCUT2D eigenvalue weighted by atomic mass is 16.4. The van der Waals surface area contributed by atoms with Gasteiger partial charge in [-0.15, -0.1) is 0 Å². The average Bonchev–Trinajstić information content (AvgIpc) is 2.92. The number of hydrogen-bond donors (Lipinski definition) is 3. The van der Waals surface area contributed by atoms with E-state index >= 15 is 0 Å². The van der Waals surface area contributed by atoms with Gasteiger partial charge in [-0.1, -0.05) is 0 Å². The second-order valence-corrected chi connectivity index (χ2v) is 4.16. The predicted octanol–water partition coefficient (Wildman–Crippen LogP) is 0.911. The third-order valence-electron chi connectivity index (χ3n) is 2.75. The molecule has 6 heteroatoms. The van der Waals surface area contributed by atoms with E-state index in [9.17, 15) is 4.79 Å². The summed E-state index contributed by atoms with van der Waals surface area (Å²) >= 11 is 0. The Morgan fingerprint density at radius 3 is 3.21 bits per heavy atom. The molecular weight excluding hydrogens is 244 g/mol. The molecular formula is C13H16N4O2. The normalized spacial score (nSPS) is 17.5.